The summed E-state index contributed by atoms with van der Waals surface area (Å²) in [6.07, 6.45) is 2.31. The first-order chi connectivity index (χ1) is 10.4. The van der Waals surface area contributed by atoms with E-state index in [4.69, 9.17) is 0 Å². The van der Waals surface area contributed by atoms with Crippen LogP contribution in [-0.4, -0.2) is 35.9 Å². The molecule has 0 aromatic heterocycles. The normalized spacial score (nSPS) is 12.1. The molecule has 1 rings (SSSR count). The van der Waals surface area contributed by atoms with Gasteiger partial charge in [0.05, 0.1) is 0 Å². The van der Waals surface area contributed by atoms with E-state index in [9.17, 15) is 19.5 Å². The van der Waals surface area contributed by atoms with E-state index in [2.05, 4.69) is 10.6 Å². The van der Waals surface area contributed by atoms with Gasteiger partial charge in [0.25, 0.3) is 0 Å². The van der Waals surface area contributed by atoms with Crippen molar-refractivity contribution in [3.8, 4) is 0 Å². The van der Waals surface area contributed by atoms with E-state index < -0.39 is 17.9 Å². The molecule has 0 fully saturated rings. The molecule has 0 saturated heterocycles. The van der Waals surface area contributed by atoms with Gasteiger partial charge >= 0.3 is 5.97 Å². The average Bonchev–Trinajstić information content (AvgIpc) is 2.45. The van der Waals surface area contributed by atoms with Crippen LogP contribution in [0, 0.1) is 0 Å². The minimum absolute atomic E-state index is 0.173. The van der Waals surface area contributed by atoms with Gasteiger partial charge in [-0.1, -0.05) is 24.3 Å². The fraction of sp³-hybridized carbons (Fsp3) is 0.312. The molecule has 3 N–H and O–H groups in total. The lowest BCUT2D eigenvalue weighted by Gasteiger charge is -2.14. The highest BCUT2D eigenvalue weighted by atomic mass is 16.4. The topological polar surface area (TPSA) is 95.5 Å². The van der Waals surface area contributed by atoms with Crippen molar-refractivity contribution in [3.05, 3.63) is 47.5 Å². The molecule has 0 heterocycles. The number of rotatable bonds is 8. The summed E-state index contributed by atoms with van der Waals surface area (Å²) in [6, 6.07) is 6.44. The maximum absolute atomic E-state index is 11.6. The van der Waals surface area contributed by atoms with Gasteiger partial charge in [-0.2, -0.15) is 0 Å². The molecule has 1 aromatic rings. The minimum Gasteiger partial charge on any atom is -0.480 e. The Hall–Kier alpha value is -2.47. The Morgan fingerprint density at radius 1 is 1.23 bits per heavy atom. The SMILES string of the molecule is CNCc1cccc(C[C@H](NC(=O)/C=C/C(C)=O)C(=O)O)c1. The Bertz CT molecular complexity index is 581. The largest absolute Gasteiger partial charge is 0.480 e. The molecule has 1 atom stereocenters. The van der Waals surface area contributed by atoms with Gasteiger partial charge in [-0.15, -0.1) is 0 Å². The summed E-state index contributed by atoms with van der Waals surface area (Å²) in [5.74, 6) is -2.00. The molecule has 1 aromatic carbocycles. The van der Waals surface area contributed by atoms with E-state index in [0.29, 0.717) is 6.54 Å². The van der Waals surface area contributed by atoms with Crippen LogP contribution in [0.3, 0.4) is 0 Å². The number of aliphatic carboxylic acids is 1. The summed E-state index contributed by atoms with van der Waals surface area (Å²) in [6.45, 7) is 1.99. The van der Waals surface area contributed by atoms with Gasteiger partial charge in [0.1, 0.15) is 6.04 Å². The summed E-state index contributed by atoms with van der Waals surface area (Å²) in [5.41, 5.74) is 1.85. The second-order valence-electron chi connectivity index (χ2n) is 4.90. The van der Waals surface area contributed by atoms with E-state index in [0.717, 1.165) is 23.3 Å². The van der Waals surface area contributed by atoms with Gasteiger partial charge in [0.15, 0.2) is 5.78 Å². The summed E-state index contributed by atoms with van der Waals surface area (Å²) in [7, 11) is 1.83. The lowest BCUT2D eigenvalue weighted by molar-refractivity contribution is -0.141. The summed E-state index contributed by atoms with van der Waals surface area (Å²) in [4.78, 5) is 33.6. The smallest absolute Gasteiger partial charge is 0.326 e. The number of hydrogen-bond acceptors (Lipinski definition) is 4. The minimum atomic E-state index is -1.12. The van der Waals surface area contributed by atoms with Crippen LogP contribution in [0.25, 0.3) is 0 Å². The zero-order valence-corrected chi connectivity index (χ0v) is 12.6. The van der Waals surface area contributed by atoms with Crippen molar-refractivity contribution in [1.29, 1.82) is 0 Å². The van der Waals surface area contributed by atoms with Crippen molar-refractivity contribution >= 4 is 17.7 Å². The first-order valence-corrected chi connectivity index (χ1v) is 6.86. The van der Waals surface area contributed by atoms with Crippen molar-refractivity contribution in [1.82, 2.24) is 10.6 Å². The third kappa shape index (κ3) is 6.32. The lowest BCUT2D eigenvalue weighted by atomic mass is 10.0. The van der Waals surface area contributed by atoms with Crippen molar-refractivity contribution in [2.45, 2.75) is 25.9 Å². The number of benzene rings is 1. The number of carboxylic acids is 1. The molecule has 0 aliphatic carbocycles. The summed E-state index contributed by atoms with van der Waals surface area (Å²) >= 11 is 0. The standard InChI is InChI=1S/C16H20N2O4/c1-11(19)6-7-15(20)18-14(16(21)22)9-12-4-3-5-13(8-12)10-17-2/h3-8,14,17H,9-10H2,1-2H3,(H,18,20)(H,21,22)/b7-6+/t14-/m0/s1. The Kier molecular flexibility index (Phi) is 6.98. The number of allylic oxidation sites excluding steroid dienone is 1. The van der Waals surface area contributed by atoms with Crippen LogP contribution in [0.4, 0.5) is 0 Å². The highest BCUT2D eigenvalue weighted by Gasteiger charge is 2.19. The summed E-state index contributed by atoms with van der Waals surface area (Å²) < 4.78 is 0. The average molecular weight is 304 g/mol. The van der Waals surface area contributed by atoms with Crippen molar-refractivity contribution in [2.75, 3.05) is 7.05 Å². The molecule has 0 bridgehead atoms. The Morgan fingerprint density at radius 2 is 1.91 bits per heavy atom. The van der Waals surface area contributed by atoms with Gasteiger partial charge in [-0.25, -0.2) is 4.79 Å². The van der Waals surface area contributed by atoms with Crippen molar-refractivity contribution < 1.29 is 19.5 Å². The van der Waals surface area contributed by atoms with Gasteiger partial charge in [-0.3, -0.25) is 9.59 Å². The van der Waals surface area contributed by atoms with Crippen molar-refractivity contribution in [2.24, 2.45) is 0 Å². The van der Waals surface area contributed by atoms with E-state index in [-0.39, 0.29) is 12.2 Å². The Labute approximate surface area is 129 Å². The maximum atomic E-state index is 11.6. The fourth-order valence-electron chi connectivity index (χ4n) is 1.92. The molecule has 0 unspecified atom stereocenters. The number of nitrogens with one attached hydrogen (secondary N) is 2. The number of hydrogen-bond donors (Lipinski definition) is 3. The van der Waals surface area contributed by atoms with E-state index in [1.807, 2.05) is 31.3 Å². The molecule has 6 nitrogen and oxygen atoms in total. The summed E-state index contributed by atoms with van der Waals surface area (Å²) in [5, 5.41) is 14.6. The van der Waals surface area contributed by atoms with Crippen LogP contribution < -0.4 is 10.6 Å². The molecule has 0 radical (unpaired) electrons. The fourth-order valence-corrected chi connectivity index (χ4v) is 1.92. The predicted molar refractivity (Wildman–Crippen MR) is 82.3 cm³/mol. The van der Waals surface area contributed by atoms with Crippen LogP contribution in [0.2, 0.25) is 0 Å². The Morgan fingerprint density at radius 3 is 2.50 bits per heavy atom. The third-order valence-electron chi connectivity index (χ3n) is 2.90. The van der Waals surface area contributed by atoms with E-state index >= 15 is 0 Å². The highest BCUT2D eigenvalue weighted by molar-refractivity contribution is 5.97. The Balaban J connectivity index is 2.76. The predicted octanol–water partition coefficient (Wildman–Crippen LogP) is 0.663. The molecular weight excluding hydrogens is 284 g/mol. The third-order valence-corrected chi connectivity index (χ3v) is 2.90. The molecule has 0 saturated carbocycles. The molecule has 0 spiro atoms. The first kappa shape index (κ1) is 17.6. The molecular formula is C16H20N2O4. The molecule has 118 valence electrons. The molecule has 22 heavy (non-hydrogen) atoms. The van der Waals surface area contributed by atoms with Crippen molar-refractivity contribution in [3.63, 3.8) is 0 Å². The zero-order chi connectivity index (χ0) is 16.5. The second kappa shape index (κ2) is 8.74. The maximum Gasteiger partial charge on any atom is 0.326 e. The zero-order valence-electron chi connectivity index (χ0n) is 12.6. The highest BCUT2D eigenvalue weighted by Crippen LogP contribution is 2.08. The van der Waals surface area contributed by atoms with Crippen LogP contribution in [0.1, 0.15) is 18.1 Å². The number of carboxylic acid groups (broad SMARTS) is 1. The lowest BCUT2D eigenvalue weighted by Crippen LogP contribution is -2.41. The molecule has 0 aliphatic rings. The number of amides is 1. The van der Waals surface area contributed by atoms with E-state index in [1.54, 1.807) is 0 Å². The first-order valence-electron chi connectivity index (χ1n) is 6.86. The van der Waals surface area contributed by atoms with Crippen LogP contribution >= 0.6 is 0 Å². The quantitative estimate of drug-likeness (QED) is 0.613. The monoisotopic (exact) mass is 304 g/mol. The van der Waals surface area contributed by atoms with Crippen LogP contribution in [-0.2, 0) is 27.3 Å². The molecule has 6 heteroatoms. The molecule has 0 aliphatic heterocycles. The number of carbonyl (C=O) groups is 3. The number of ketones is 1. The number of carbonyl (C=O) groups excluding carboxylic acids is 2. The van der Waals surface area contributed by atoms with Crippen LogP contribution in [0.15, 0.2) is 36.4 Å². The second-order valence-corrected chi connectivity index (χ2v) is 4.90. The van der Waals surface area contributed by atoms with Crippen LogP contribution in [0.5, 0.6) is 0 Å². The molecule has 1 amide bonds. The van der Waals surface area contributed by atoms with E-state index in [1.165, 1.54) is 6.92 Å². The van der Waals surface area contributed by atoms with Gasteiger partial charge in [0.2, 0.25) is 5.91 Å². The van der Waals surface area contributed by atoms with Gasteiger partial charge in [-0.05, 0) is 31.2 Å². The van der Waals surface area contributed by atoms with Gasteiger partial charge < -0.3 is 15.7 Å². The van der Waals surface area contributed by atoms with Gasteiger partial charge in [0, 0.05) is 19.0 Å².